The van der Waals surface area contributed by atoms with Gasteiger partial charge >= 0.3 is 0 Å². The maximum absolute atomic E-state index is 7.89. The van der Waals surface area contributed by atoms with Gasteiger partial charge in [-0.05, 0) is 57.1 Å². The number of rotatable bonds is 4. The van der Waals surface area contributed by atoms with Crippen LogP contribution in [0.2, 0.25) is 0 Å². The van der Waals surface area contributed by atoms with E-state index in [1.807, 2.05) is 0 Å². The van der Waals surface area contributed by atoms with Crippen LogP contribution >= 0.6 is 0 Å². The summed E-state index contributed by atoms with van der Waals surface area (Å²) < 4.78 is 0. The summed E-state index contributed by atoms with van der Waals surface area (Å²) in [5.41, 5.74) is 5.76. The molecule has 1 heteroatoms. The third-order valence-electron chi connectivity index (χ3n) is 6.99. The van der Waals surface area contributed by atoms with Crippen LogP contribution in [0.25, 0.3) is 0 Å². The summed E-state index contributed by atoms with van der Waals surface area (Å²) in [6.07, 6.45) is 11.9. The van der Waals surface area contributed by atoms with Gasteiger partial charge < -0.3 is 5.41 Å². The van der Waals surface area contributed by atoms with Crippen LogP contribution in [0.15, 0.2) is 22.8 Å². The smallest absolute Gasteiger partial charge is 0.00971 e. The van der Waals surface area contributed by atoms with Crippen LogP contribution in [0.5, 0.6) is 0 Å². The van der Waals surface area contributed by atoms with Crippen molar-refractivity contribution in [1.29, 1.82) is 5.41 Å². The van der Waals surface area contributed by atoms with Crippen LogP contribution in [0, 0.1) is 34.0 Å². The molecule has 0 bridgehead atoms. The summed E-state index contributed by atoms with van der Waals surface area (Å²) >= 11 is 0. The molecule has 0 aliphatic heterocycles. The minimum atomic E-state index is 0.319. The van der Waals surface area contributed by atoms with Gasteiger partial charge in [-0.3, -0.25) is 0 Å². The van der Waals surface area contributed by atoms with Crippen LogP contribution in [0.4, 0.5) is 0 Å². The van der Waals surface area contributed by atoms with Crippen molar-refractivity contribution in [1.82, 2.24) is 0 Å². The van der Waals surface area contributed by atoms with E-state index in [1.54, 1.807) is 22.9 Å². The Morgan fingerprint density at radius 2 is 2.05 bits per heavy atom. The SMILES string of the molecule is CCCC1=CC1(C)C1CC(C)=C2CC2(C)C(C=N)CC(C)C1. The number of allylic oxidation sites excluding steroid dienone is 4. The summed E-state index contributed by atoms with van der Waals surface area (Å²) in [6, 6.07) is 0. The van der Waals surface area contributed by atoms with Crippen LogP contribution in [0.3, 0.4) is 0 Å². The lowest BCUT2D eigenvalue weighted by molar-refractivity contribution is 0.259. The van der Waals surface area contributed by atoms with E-state index in [-0.39, 0.29) is 0 Å². The van der Waals surface area contributed by atoms with E-state index in [0.717, 1.165) is 11.8 Å². The first-order valence-corrected chi connectivity index (χ1v) is 9.27. The van der Waals surface area contributed by atoms with Crippen LogP contribution in [-0.4, -0.2) is 6.21 Å². The van der Waals surface area contributed by atoms with Crippen molar-refractivity contribution in [3.05, 3.63) is 22.8 Å². The van der Waals surface area contributed by atoms with E-state index in [1.165, 1.54) is 38.5 Å². The second-order valence-corrected chi connectivity index (χ2v) is 8.81. The molecule has 0 heterocycles. The fourth-order valence-electron chi connectivity index (χ4n) is 5.19. The minimum Gasteiger partial charge on any atom is -0.313 e. The Morgan fingerprint density at radius 3 is 2.68 bits per heavy atom. The van der Waals surface area contributed by atoms with Crippen LogP contribution in [-0.2, 0) is 0 Å². The van der Waals surface area contributed by atoms with E-state index < -0.39 is 0 Å². The Bertz CT molecular complexity index is 540. The number of hydrogen-bond acceptors (Lipinski definition) is 1. The van der Waals surface area contributed by atoms with Gasteiger partial charge in [0.2, 0.25) is 0 Å². The van der Waals surface area contributed by atoms with Crippen molar-refractivity contribution >= 4 is 6.21 Å². The molecular formula is C21H33N. The summed E-state index contributed by atoms with van der Waals surface area (Å²) in [4.78, 5) is 0. The van der Waals surface area contributed by atoms with Gasteiger partial charge in [0.15, 0.2) is 0 Å². The average molecular weight is 300 g/mol. The Labute approximate surface area is 136 Å². The van der Waals surface area contributed by atoms with Gasteiger partial charge in [-0.15, -0.1) is 0 Å². The predicted molar refractivity (Wildman–Crippen MR) is 95.3 cm³/mol. The van der Waals surface area contributed by atoms with Gasteiger partial charge in [0.1, 0.15) is 0 Å². The lowest BCUT2D eigenvalue weighted by Crippen LogP contribution is -2.22. The molecule has 122 valence electrons. The van der Waals surface area contributed by atoms with Crippen molar-refractivity contribution < 1.29 is 0 Å². The highest BCUT2D eigenvalue weighted by molar-refractivity contribution is 5.63. The highest BCUT2D eigenvalue weighted by atomic mass is 14.6. The minimum absolute atomic E-state index is 0.319. The molecule has 1 saturated carbocycles. The molecule has 5 atom stereocenters. The number of hydrogen-bond donors (Lipinski definition) is 1. The fourth-order valence-corrected chi connectivity index (χ4v) is 5.19. The molecule has 3 aliphatic carbocycles. The number of nitrogens with one attached hydrogen (secondary N) is 1. The van der Waals surface area contributed by atoms with Crippen molar-refractivity contribution in [2.24, 2.45) is 28.6 Å². The quantitative estimate of drug-likeness (QED) is 0.475. The van der Waals surface area contributed by atoms with E-state index in [4.69, 9.17) is 5.41 Å². The summed E-state index contributed by atoms with van der Waals surface area (Å²) in [7, 11) is 0. The molecule has 3 rings (SSSR count). The third kappa shape index (κ3) is 2.51. The topological polar surface area (TPSA) is 23.9 Å². The van der Waals surface area contributed by atoms with Gasteiger partial charge in [0.05, 0.1) is 0 Å². The maximum atomic E-state index is 7.89. The molecule has 0 saturated heterocycles. The zero-order chi connectivity index (χ0) is 16.1. The molecule has 1 fully saturated rings. The largest absolute Gasteiger partial charge is 0.313 e. The normalized spacial score (nSPS) is 44.4. The Morgan fingerprint density at radius 1 is 1.32 bits per heavy atom. The first kappa shape index (κ1) is 16.0. The fraction of sp³-hybridized carbons (Fsp3) is 0.762. The molecule has 1 nitrogen and oxygen atoms in total. The second kappa shape index (κ2) is 5.35. The number of fused-ring (bicyclic) bond motifs is 1. The standard InChI is InChI=1S/C21H33N/c1-6-7-16-11-20(16,4)17-8-14(2)9-18(13-22)21(5)12-19(21)15(3)10-17/h11,13-14,17-18,22H,6-10,12H2,1-5H3. The zero-order valence-corrected chi connectivity index (χ0v) is 15.1. The lowest BCUT2D eigenvalue weighted by Gasteiger charge is -2.30. The molecule has 1 N–H and O–H groups in total. The van der Waals surface area contributed by atoms with E-state index in [9.17, 15) is 0 Å². The zero-order valence-electron chi connectivity index (χ0n) is 15.1. The highest BCUT2D eigenvalue weighted by Crippen LogP contribution is 2.63. The van der Waals surface area contributed by atoms with Crippen molar-refractivity contribution in [2.45, 2.75) is 73.1 Å². The molecule has 3 aliphatic rings. The predicted octanol–water partition coefficient (Wildman–Crippen LogP) is 6.16. The Kier molecular flexibility index (Phi) is 3.90. The van der Waals surface area contributed by atoms with Gasteiger partial charge in [0.25, 0.3) is 0 Å². The van der Waals surface area contributed by atoms with Gasteiger partial charge in [0, 0.05) is 16.7 Å². The van der Waals surface area contributed by atoms with Gasteiger partial charge in [-0.1, -0.05) is 56.9 Å². The van der Waals surface area contributed by atoms with Crippen molar-refractivity contribution in [3.8, 4) is 0 Å². The molecule has 0 spiro atoms. The second-order valence-electron chi connectivity index (χ2n) is 8.81. The van der Waals surface area contributed by atoms with Crippen molar-refractivity contribution in [2.75, 3.05) is 0 Å². The van der Waals surface area contributed by atoms with E-state index in [2.05, 4.69) is 40.7 Å². The maximum Gasteiger partial charge on any atom is 0.00971 e. The van der Waals surface area contributed by atoms with E-state index >= 15 is 0 Å². The van der Waals surface area contributed by atoms with Gasteiger partial charge in [-0.25, -0.2) is 0 Å². The first-order chi connectivity index (χ1) is 10.3. The van der Waals surface area contributed by atoms with E-state index in [0.29, 0.717) is 16.7 Å². The monoisotopic (exact) mass is 299 g/mol. The third-order valence-corrected chi connectivity index (χ3v) is 6.99. The molecule has 0 amide bonds. The van der Waals surface area contributed by atoms with Crippen LogP contribution in [0.1, 0.15) is 73.1 Å². The molecule has 22 heavy (non-hydrogen) atoms. The Balaban J connectivity index is 1.83. The lowest BCUT2D eigenvalue weighted by atomic mass is 9.74. The molecule has 0 aromatic rings. The summed E-state index contributed by atoms with van der Waals surface area (Å²) in [5, 5.41) is 7.89. The van der Waals surface area contributed by atoms with Crippen LogP contribution < -0.4 is 0 Å². The molecule has 5 unspecified atom stereocenters. The first-order valence-electron chi connectivity index (χ1n) is 9.27. The molecule has 0 aromatic carbocycles. The molecular weight excluding hydrogens is 266 g/mol. The Hall–Kier alpha value is -0.850. The highest BCUT2D eigenvalue weighted by Gasteiger charge is 2.53. The molecule has 0 radical (unpaired) electrons. The van der Waals surface area contributed by atoms with Crippen molar-refractivity contribution in [3.63, 3.8) is 0 Å². The summed E-state index contributed by atoms with van der Waals surface area (Å²) in [6.45, 7) is 12.0. The summed E-state index contributed by atoms with van der Waals surface area (Å²) in [5.74, 6) is 1.97. The average Bonchev–Trinajstić information content (AvgIpc) is 3.32. The molecule has 0 aromatic heterocycles. The van der Waals surface area contributed by atoms with Gasteiger partial charge in [-0.2, -0.15) is 0 Å².